The number of alkyl halides is 3. The van der Waals surface area contributed by atoms with E-state index in [1.54, 1.807) is 12.3 Å². The van der Waals surface area contributed by atoms with Crippen LogP contribution in [-0.4, -0.2) is 51.3 Å². The van der Waals surface area contributed by atoms with Gasteiger partial charge in [-0.1, -0.05) is 6.07 Å². The molecule has 0 saturated carbocycles. The molecule has 1 unspecified atom stereocenters. The average Bonchev–Trinajstić information content (AvgIpc) is 3.55. The Labute approximate surface area is 223 Å². The summed E-state index contributed by atoms with van der Waals surface area (Å²) in [4.78, 5) is 23.6. The van der Waals surface area contributed by atoms with Crippen molar-refractivity contribution in [1.29, 1.82) is 0 Å². The van der Waals surface area contributed by atoms with Gasteiger partial charge in [0.15, 0.2) is 5.65 Å². The van der Waals surface area contributed by atoms with E-state index >= 15 is 0 Å². The number of aromatic nitrogens is 4. The molecule has 1 aliphatic heterocycles. The van der Waals surface area contributed by atoms with Crippen molar-refractivity contribution in [2.24, 2.45) is 0 Å². The second kappa shape index (κ2) is 9.89. The van der Waals surface area contributed by atoms with Gasteiger partial charge in [-0.05, 0) is 42.0 Å². The zero-order valence-corrected chi connectivity index (χ0v) is 21.1. The first-order valence-corrected chi connectivity index (χ1v) is 12.9. The van der Waals surface area contributed by atoms with Crippen LogP contribution >= 0.6 is 11.3 Å². The number of nitrogens with one attached hydrogen (secondary N) is 2. The Bertz CT molecular complexity index is 1660. The molecule has 0 spiro atoms. The SMILES string of the molecule is O=C(NCc1ccc2scc(F)c2c1)C1CN(c2ncnc3nn(-c4ccc(C(F)(F)F)cc4)cc23)CCN1. The predicted molar refractivity (Wildman–Crippen MR) is 139 cm³/mol. The van der Waals surface area contributed by atoms with Crippen molar-refractivity contribution < 1.29 is 22.4 Å². The highest BCUT2D eigenvalue weighted by atomic mass is 32.1. The Morgan fingerprint density at radius 3 is 2.74 bits per heavy atom. The summed E-state index contributed by atoms with van der Waals surface area (Å²) < 4.78 is 55.1. The molecule has 1 fully saturated rings. The van der Waals surface area contributed by atoms with Gasteiger partial charge in [0, 0.05) is 47.8 Å². The number of piperazine rings is 1. The predicted octanol–water partition coefficient (Wildman–Crippen LogP) is 4.28. The molecule has 6 rings (SSSR count). The first kappa shape index (κ1) is 25.2. The van der Waals surface area contributed by atoms with Crippen LogP contribution in [0, 0.1) is 5.82 Å². The van der Waals surface area contributed by atoms with Crippen LogP contribution in [0.2, 0.25) is 0 Å². The van der Waals surface area contributed by atoms with Crippen molar-refractivity contribution >= 4 is 44.2 Å². The van der Waals surface area contributed by atoms with Crippen molar-refractivity contribution in [3.05, 3.63) is 77.3 Å². The number of hydrogen-bond acceptors (Lipinski definition) is 7. The fraction of sp³-hybridized carbons (Fsp3) is 0.231. The molecule has 39 heavy (non-hydrogen) atoms. The van der Waals surface area contributed by atoms with E-state index in [9.17, 15) is 22.4 Å². The number of carbonyl (C=O) groups is 1. The molecule has 200 valence electrons. The molecule has 3 aromatic heterocycles. The zero-order chi connectivity index (χ0) is 27.1. The highest BCUT2D eigenvalue weighted by Crippen LogP contribution is 2.30. The van der Waals surface area contributed by atoms with Crippen molar-refractivity contribution in [1.82, 2.24) is 30.4 Å². The molecule has 1 amide bonds. The number of rotatable bonds is 5. The summed E-state index contributed by atoms with van der Waals surface area (Å²) in [5, 5.41) is 13.2. The van der Waals surface area contributed by atoms with Gasteiger partial charge in [0.05, 0.1) is 16.6 Å². The minimum absolute atomic E-state index is 0.198. The average molecular weight is 556 g/mol. The Kier molecular flexibility index (Phi) is 6.39. The van der Waals surface area contributed by atoms with Crippen LogP contribution in [-0.2, 0) is 17.5 Å². The van der Waals surface area contributed by atoms with Gasteiger partial charge in [0.2, 0.25) is 5.91 Å². The van der Waals surface area contributed by atoms with Crippen LogP contribution in [0.3, 0.4) is 0 Å². The van der Waals surface area contributed by atoms with Crippen LogP contribution in [0.4, 0.5) is 23.4 Å². The number of hydrogen-bond donors (Lipinski definition) is 2. The quantitative estimate of drug-likeness (QED) is 0.315. The van der Waals surface area contributed by atoms with Gasteiger partial charge in [0.25, 0.3) is 0 Å². The van der Waals surface area contributed by atoms with Crippen LogP contribution < -0.4 is 15.5 Å². The highest BCUT2D eigenvalue weighted by molar-refractivity contribution is 7.17. The van der Waals surface area contributed by atoms with E-state index in [2.05, 4.69) is 25.7 Å². The topological polar surface area (TPSA) is 88.0 Å². The molecule has 1 saturated heterocycles. The molecule has 2 N–H and O–H groups in total. The molecule has 1 atom stereocenters. The Balaban J connectivity index is 1.17. The lowest BCUT2D eigenvalue weighted by atomic mass is 10.1. The molecular formula is C26H21F4N7OS. The molecule has 5 aromatic rings. The van der Waals surface area contributed by atoms with E-state index in [0.717, 1.165) is 22.4 Å². The molecule has 0 bridgehead atoms. The van der Waals surface area contributed by atoms with Crippen LogP contribution in [0.15, 0.2) is 60.4 Å². The second-order valence-corrected chi connectivity index (χ2v) is 10.0. The normalized spacial score (nSPS) is 16.2. The van der Waals surface area contributed by atoms with Gasteiger partial charge in [-0.2, -0.15) is 13.2 Å². The third-order valence-electron chi connectivity index (χ3n) is 6.60. The van der Waals surface area contributed by atoms with Crippen LogP contribution in [0.5, 0.6) is 0 Å². The number of halogens is 4. The minimum atomic E-state index is -4.42. The second-order valence-electron chi connectivity index (χ2n) is 9.14. The number of amides is 1. The van der Waals surface area contributed by atoms with E-state index < -0.39 is 17.8 Å². The summed E-state index contributed by atoms with van der Waals surface area (Å²) in [7, 11) is 0. The van der Waals surface area contributed by atoms with Gasteiger partial charge in [0.1, 0.15) is 24.0 Å². The van der Waals surface area contributed by atoms with Gasteiger partial charge in [-0.25, -0.2) is 19.0 Å². The lowest BCUT2D eigenvalue weighted by molar-refractivity contribution is -0.137. The van der Waals surface area contributed by atoms with Crippen LogP contribution in [0.1, 0.15) is 11.1 Å². The van der Waals surface area contributed by atoms with Gasteiger partial charge >= 0.3 is 6.18 Å². The van der Waals surface area contributed by atoms with Gasteiger partial charge in [-0.15, -0.1) is 16.4 Å². The summed E-state index contributed by atoms with van der Waals surface area (Å²) in [6, 6.07) is 9.63. The summed E-state index contributed by atoms with van der Waals surface area (Å²) >= 11 is 1.33. The van der Waals surface area contributed by atoms with Crippen molar-refractivity contribution in [2.75, 3.05) is 24.5 Å². The van der Waals surface area contributed by atoms with E-state index in [1.165, 1.54) is 39.9 Å². The smallest absolute Gasteiger partial charge is 0.353 e. The molecule has 4 heterocycles. The Morgan fingerprint density at radius 2 is 1.95 bits per heavy atom. The molecule has 0 aliphatic carbocycles. The number of anilines is 1. The third kappa shape index (κ3) is 5.02. The summed E-state index contributed by atoms with van der Waals surface area (Å²) in [5.74, 6) is 0.109. The van der Waals surface area contributed by atoms with E-state index in [-0.39, 0.29) is 18.3 Å². The van der Waals surface area contributed by atoms with E-state index in [4.69, 9.17) is 0 Å². The fourth-order valence-electron chi connectivity index (χ4n) is 4.60. The molecular weight excluding hydrogens is 534 g/mol. The summed E-state index contributed by atoms with van der Waals surface area (Å²) in [6.07, 6.45) is -1.38. The molecule has 1 aliphatic rings. The van der Waals surface area contributed by atoms with Gasteiger partial charge in [-0.3, -0.25) is 4.79 Å². The Morgan fingerprint density at radius 1 is 1.13 bits per heavy atom. The Hall–Kier alpha value is -4.10. The maximum Gasteiger partial charge on any atom is 0.416 e. The van der Waals surface area contributed by atoms with Gasteiger partial charge < -0.3 is 15.5 Å². The first-order chi connectivity index (χ1) is 18.8. The summed E-state index contributed by atoms with van der Waals surface area (Å²) in [6.45, 7) is 1.71. The number of fused-ring (bicyclic) bond motifs is 2. The van der Waals surface area contributed by atoms with E-state index in [0.29, 0.717) is 47.6 Å². The number of thiophene rings is 1. The molecule has 13 heteroatoms. The van der Waals surface area contributed by atoms with Crippen molar-refractivity contribution in [2.45, 2.75) is 18.8 Å². The van der Waals surface area contributed by atoms with Crippen LogP contribution in [0.25, 0.3) is 26.8 Å². The largest absolute Gasteiger partial charge is 0.416 e. The van der Waals surface area contributed by atoms with E-state index in [1.807, 2.05) is 17.0 Å². The number of nitrogens with zero attached hydrogens (tertiary/aromatic N) is 5. The zero-order valence-electron chi connectivity index (χ0n) is 20.2. The number of benzene rings is 2. The molecule has 0 radical (unpaired) electrons. The van der Waals surface area contributed by atoms with Crippen molar-refractivity contribution in [3.8, 4) is 5.69 Å². The third-order valence-corrected chi connectivity index (χ3v) is 7.54. The lowest BCUT2D eigenvalue weighted by Gasteiger charge is -2.33. The molecule has 8 nitrogen and oxygen atoms in total. The maximum atomic E-state index is 13.9. The monoisotopic (exact) mass is 555 g/mol. The summed E-state index contributed by atoms with van der Waals surface area (Å²) in [5.41, 5.74) is 0.891. The highest BCUT2D eigenvalue weighted by Gasteiger charge is 2.30. The number of carbonyl (C=O) groups excluding carboxylic acids is 1. The minimum Gasteiger partial charge on any atom is -0.353 e. The van der Waals surface area contributed by atoms with Crippen molar-refractivity contribution in [3.63, 3.8) is 0 Å². The fourth-order valence-corrected chi connectivity index (χ4v) is 5.39. The first-order valence-electron chi connectivity index (χ1n) is 12.1. The standard InChI is InChI=1S/C26H21F4N7OS/c27-20-13-39-22-6-1-15(9-18(20)22)10-32-25(38)21-12-36(8-7-31-21)24-19-11-37(35-23(19)33-14-34-24)17-4-2-16(3-5-17)26(28,29)30/h1-6,9,11,13-14,21,31H,7-8,10,12H2,(H,32,38). The maximum absolute atomic E-state index is 13.9. The molecule has 2 aromatic carbocycles. The lowest BCUT2D eigenvalue weighted by Crippen LogP contribution is -2.57.